The minimum atomic E-state index is 0.618. The summed E-state index contributed by atoms with van der Waals surface area (Å²) in [5, 5.41) is 21.4. The first-order valence-electron chi connectivity index (χ1n) is 6.91. The van der Waals surface area contributed by atoms with Crippen LogP contribution in [0.3, 0.4) is 0 Å². The van der Waals surface area contributed by atoms with Gasteiger partial charge in [-0.3, -0.25) is 5.41 Å². The fraction of sp³-hybridized carbons (Fsp3) is 0.500. The molecule has 1 saturated heterocycles. The zero-order chi connectivity index (χ0) is 14.3. The molecule has 0 spiro atoms. The maximum absolute atomic E-state index is 8.48. The first kappa shape index (κ1) is 13.3. The quantitative estimate of drug-likeness (QED) is 0.659. The van der Waals surface area contributed by atoms with E-state index in [0.29, 0.717) is 5.84 Å². The van der Waals surface area contributed by atoms with Crippen LogP contribution in [0.5, 0.6) is 0 Å². The molecule has 0 aromatic carbocycles. The van der Waals surface area contributed by atoms with Crippen molar-refractivity contribution in [1.29, 1.82) is 5.41 Å². The Kier molecular flexibility index (Phi) is 3.33. The molecule has 2 N–H and O–H groups in total. The third kappa shape index (κ3) is 1.95. The molecule has 0 saturated carbocycles. The number of hydrogen-bond acceptors (Lipinski definition) is 5. The SMILES string of the molecule is CNc1c(C(=N)N2CCCC2)sc2nnc(C)c(C)c12. The summed E-state index contributed by atoms with van der Waals surface area (Å²) in [4.78, 5) is 4.05. The highest BCUT2D eigenvalue weighted by molar-refractivity contribution is 7.21. The van der Waals surface area contributed by atoms with E-state index in [-0.39, 0.29) is 0 Å². The van der Waals surface area contributed by atoms with Crippen LogP contribution in [0, 0.1) is 19.3 Å². The van der Waals surface area contributed by atoms with Gasteiger partial charge in [-0.25, -0.2) is 0 Å². The van der Waals surface area contributed by atoms with E-state index in [2.05, 4.69) is 27.3 Å². The van der Waals surface area contributed by atoms with Crippen molar-refractivity contribution in [2.24, 2.45) is 0 Å². The highest BCUT2D eigenvalue weighted by Crippen LogP contribution is 2.37. The molecule has 3 heterocycles. The zero-order valence-corrected chi connectivity index (χ0v) is 12.9. The molecule has 3 rings (SSSR count). The van der Waals surface area contributed by atoms with E-state index in [1.165, 1.54) is 12.8 Å². The van der Waals surface area contributed by atoms with Crippen molar-refractivity contribution in [2.45, 2.75) is 26.7 Å². The fourth-order valence-corrected chi connectivity index (χ4v) is 3.87. The van der Waals surface area contributed by atoms with Gasteiger partial charge in [0.15, 0.2) is 0 Å². The molecule has 5 nitrogen and oxygen atoms in total. The molecule has 1 fully saturated rings. The standard InChI is InChI=1S/C14H19N5S/c1-8-9(2)17-18-14-10(8)11(16-3)12(20-14)13(15)19-6-4-5-7-19/h15-16H,4-7H2,1-3H3. The summed E-state index contributed by atoms with van der Waals surface area (Å²) < 4.78 is 0. The van der Waals surface area contributed by atoms with Crippen molar-refractivity contribution < 1.29 is 0 Å². The Morgan fingerprint density at radius 3 is 2.60 bits per heavy atom. The highest BCUT2D eigenvalue weighted by atomic mass is 32.1. The average Bonchev–Trinajstić information content (AvgIpc) is 3.09. The number of aryl methyl sites for hydroxylation is 2. The third-order valence-corrected chi connectivity index (χ3v) is 5.07. The van der Waals surface area contributed by atoms with Gasteiger partial charge in [0.1, 0.15) is 10.7 Å². The van der Waals surface area contributed by atoms with E-state index in [9.17, 15) is 0 Å². The largest absolute Gasteiger partial charge is 0.386 e. The molecule has 0 atom stereocenters. The third-order valence-electron chi connectivity index (χ3n) is 3.99. The van der Waals surface area contributed by atoms with Crippen LogP contribution in [0.2, 0.25) is 0 Å². The van der Waals surface area contributed by atoms with Gasteiger partial charge >= 0.3 is 0 Å². The van der Waals surface area contributed by atoms with Crippen LogP contribution in [0.25, 0.3) is 10.2 Å². The van der Waals surface area contributed by atoms with Gasteiger partial charge in [0.25, 0.3) is 0 Å². The predicted molar refractivity (Wildman–Crippen MR) is 84.1 cm³/mol. The Labute approximate surface area is 122 Å². The summed E-state index contributed by atoms with van der Waals surface area (Å²) in [6, 6.07) is 0. The van der Waals surface area contributed by atoms with Crippen LogP contribution < -0.4 is 5.32 Å². The fourth-order valence-electron chi connectivity index (χ4n) is 2.70. The number of fused-ring (bicyclic) bond motifs is 1. The number of nitrogens with one attached hydrogen (secondary N) is 2. The summed E-state index contributed by atoms with van der Waals surface area (Å²) in [5.74, 6) is 0.618. The molecule has 0 unspecified atom stereocenters. The summed E-state index contributed by atoms with van der Waals surface area (Å²) >= 11 is 1.56. The van der Waals surface area contributed by atoms with Crippen molar-refractivity contribution in [3.8, 4) is 0 Å². The number of likely N-dealkylation sites (tertiary alicyclic amines) is 1. The molecule has 0 bridgehead atoms. The summed E-state index contributed by atoms with van der Waals surface area (Å²) in [6.45, 7) is 6.02. The molecule has 1 aliphatic heterocycles. The van der Waals surface area contributed by atoms with Gasteiger partial charge in [-0.2, -0.15) is 5.10 Å². The van der Waals surface area contributed by atoms with E-state index in [0.717, 1.165) is 45.1 Å². The maximum Gasteiger partial charge on any atom is 0.149 e. The zero-order valence-electron chi connectivity index (χ0n) is 12.1. The van der Waals surface area contributed by atoms with Gasteiger partial charge in [0, 0.05) is 25.5 Å². The number of anilines is 1. The van der Waals surface area contributed by atoms with E-state index in [4.69, 9.17) is 5.41 Å². The molecule has 6 heteroatoms. The van der Waals surface area contributed by atoms with Gasteiger partial charge in [0.05, 0.1) is 16.3 Å². The van der Waals surface area contributed by atoms with Crippen LogP contribution in [-0.2, 0) is 0 Å². The Hall–Kier alpha value is -1.69. The normalized spacial score (nSPS) is 15.1. The Morgan fingerprint density at radius 2 is 1.95 bits per heavy atom. The van der Waals surface area contributed by atoms with E-state index >= 15 is 0 Å². The van der Waals surface area contributed by atoms with Gasteiger partial charge in [-0.15, -0.1) is 16.4 Å². The lowest BCUT2D eigenvalue weighted by molar-refractivity contribution is 0.518. The van der Waals surface area contributed by atoms with Gasteiger partial charge < -0.3 is 10.2 Å². The van der Waals surface area contributed by atoms with Gasteiger partial charge in [-0.1, -0.05) is 0 Å². The Morgan fingerprint density at radius 1 is 1.25 bits per heavy atom. The topological polar surface area (TPSA) is 64.9 Å². The van der Waals surface area contributed by atoms with Crippen molar-refractivity contribution >= 4 is 33.1 Å². The number of aromatic nitrogens is 2. The van der Waals surface area contributed by atoms with Crippen LogP contribution in [0.4, 0.5) is 5.69 Å². The molecule has 0 amide bonds. The molecular formula is C14H19N5S. The number of rotatable bonds is 2. The lowest BCUT2D eigenvalue weighted by Gasteiger charge is -2.18. The number of amidine groups is 1. The maximum atomic E-state index is 8.48. The second-order valence-electron chi connectivity index (χ2n) is 5.19. The molecule has 0 aliphatic carbocycles. The van der Waals surface area contributed by atoms with E-state index in [1.54, 1.807) is 11.3 Å². The van der Waals surface area contributed by atoms with Gasteiger partial charge in [-0.05, 0) is 32.3 Å². The molecule has 2 aromatic heterocycles. The van der Waals surface area contributed by atoms with Crippen molar-refractivity contribution in [3.05, 3.63) is 16.1 Å². The smallest absolute Gasteiger partial charge is 0.149 e. The predicted octanol–water partition coefficient (Wildman–Crippen LogP) is 2.77. The average molecular weight is 289 g/mol. The molecule has 0 radical (unpaired) electrons. The molecule has 20 heavy (non-hydrogen) atoms. The number of hydrogen-bond donors (Lipinski definition) is 2. The van der Waals surface area contributed by atoms with Crippen LogP contribution >= 0.6 is 11.3 Å². The van der Waals surface area contributed by atoms with Crippen molar-refractivity contribution in [2.75, 3.05) is 25.5 Å². The van der Waals surface area contributed by atoms with E-state index < -0.39 is 0 Å². The second kappa shape index (κ2) is 5.01. The van der Waals surface area contributed by atoms with Crippen molar-refractivity contribution in [3.63, 3.8) is 0 Å². The Balaban J connectivity index is 2.16. The monoisotopic (exact) mass is 289 g/mol. The number of thiophene rings is 1. The molecular weight excluding hydrogens is 270 g/mol. The summed E-state index contributed by atoms with van der Waals surface area (Å²) in [6.07, 6.45) is 2.36. The molecule has 106 valence electrons. The Bertz CT molecular complexity index is 670. The molecule has 2 aromatic rings. The first-order chi connectivity index (χ1) is 9.63. The minimum Gasteiger partial charge on any atom is -0.386 e. The van der Waals surface area contributed by atoms with Crippen LogP contribution in [0.1, 0.15) is 29.0 Å². The second-order valence-corrected chi connectivity index (χ2v) is 6.19. The van der Waals surface area contributed by atoms with E-state index in [1.807, 2.05) is 14.0 Å². The van der Waals surface area contributed by atoms with Gasteiger partial charge in [0.2, 0.25) is 0 Å². The summed E-state index contributed by atoms with van der Waals surface area (Å²) in [5.41, 5.74) is 3.12. The highest BCUT2D eigenvalue weighted by Gasteiger charge is 2.23. The lowest BCUT2D eigenvalue weighted by Crippen LogP contribution is -2.27. The summed E-state index contributed by atoms with van der Waals surface area (Å²) in [7, 11) is 1.91. The molecule has 1 aliphatic rings. The van der Waals surface area contributed by atoms with Crippen LogP contribution in [-0.4, -0.2) is 41.1 Å². The first-order valence-corrected chi connectivity index (χ1v) is 7.73. The number of nitrogens with zero attached hydrogens (tertiary/aromatic N) is 3. The van der Waals surface area contributed by atoms with Crippen LogP contribution in [0.15, 0.2) is 0 Å². The lowest BCUT2D eigenvalue weighted by atomic mass is 10.1. The minimum absolute atomic E-state index is 0.618. The van der Waals surface area contributed by atoms with Crippen molar-refractivity contribution in [1.82, 2.24) is 15.1 Å².